The number of aromatic nitrogens is 2. The van der Waals surface area contributed by atoms with Gasteiger partial charge in [0.2, 0.25) is 0 Å². The number of imidazole rings is 1. The Kier molecular flexibility index (Phi) is 6.13. The van der Waals surface area contributed by atoms with Crippen LogP contribution in [0.15, 0.2) is 67.0 Å². The number of hydrogen-bond acceptors (Lipinski definition) is 4. The van der Waals surface area contributed by atoms with Crippen molar-refractivity contribution in [2.75, 3.05) is 6.61 Å². The van der Waals surface area contributed by atoms with Crippen molar-refractivity contribution in [3.05, 3.63) is 84.0 Å². The minimum absolute atomic E-state index is 0.0744. The van der Waals surface area contributed by atoms with E-state index in [1.54, 1.807) is 23.9 Å². The zero-order valence-electron chi connectivity index (χ0n) is 17.1. The highest BCUT2D eigenvalue weighted by atomic mass is 16.3. The molecule has 30 heavy (non-hydrogen) atoms. The molecule has 1 aliphatic carbocycles. The standard InChI is InChI=1S/C25H28N2O3/c1-17(29)25-26-12-13-27(25)23(16-28)11-4-18-2-5-19(6-3-18)20-7-9-21(10-8-20)22-14-24(30)15-22/h2-13,17,22-24,28-30H,14-16H2,1H3/b11-4+. The number of aliphatic hydroxyl groups excluding tert-OH is 3. The van der Waals surface area contributed by atoms with E-state index in [1.165, 1.54) is 11.1 Å². The second kappa shape index (κ2) is 8.96. The van der Waals surface area contributed by atoms with Crippen LogP contribution in [0, 0.1) is 0 Å². The zero-order valence-corrected chi connectivity index (χ0v) is 17.1. The fourth-order valence-corrected chi connectivity index (χ4v) is 3.99. The number of nitrogens with zero attached hydrogens (tertiary/aromatic N) is 2. The minimum atomic E-state index is -0.692. The van der Waals surface area contributed by atoms with Gasteiger partial charge in [0.05, 0.1) is 18.8 Å². The van der Waals surface area contributed by atoms with Crippen LogP contribution in [0.4, 0.5) is 0 Å². The molecule has 2 aromatic carbocycles. The Morgan fingerprint density at radius 2 is 1.70 bits per heavy atom. The van der Waals surface area contributed by atoms with Crippen LogP contribution in [-0.4, -0.2) is 37.6 Å². The first-order chi connectivity index (χ1) is 14.5. The fraction of sp³-hybridized carbons (Fsp3) is 0.320. The predicted octanol–water partition coefficient (Wildman–Crippen LogP) is 4.09. The highest BCUT2D eigenvalue weighted by Crippen LogP contribution is 2.37. The predicted molar refractivity (Wildman–Crippen MR) is 118 cm³/mol. The lowest BCUT2D eigenvalue weighted by Crippen LogP contribution is -2.26. The normalized spacial score (nSPS) is 20.8. The van der Waals surface area contributed by atoms with E-state index >= 15 is 0 Å². The summed E-state index contributed by atoms with van der Waals surface area (Å²) in [4.78, 5) is 4.17. The molecule has 2 atom stereocenters. The maximum absolute atomic E-state index is 9.84. The maximum atomic E-state index is 9.84. The van der Waals surface area contributed by atoms with E-state index in [-0.39, 0.29) is 18.8 Å². The van der Waals surface area contributed by atoms with E-state index in [2.05, 4.69) is 53.5 Å². The Hall–Kier alpha value is -2.73. The van der Waals surface area contributed by atoms with Crippen molar-refractivity contribution < 1.29 is 15.3 Å². The van der Waals surface area contributed by atoms with Crippen molar-refractivity contribution in [2.45, 2.75) is 43.9 Å². The van der Waals surface area contributed by atoms with E-state index < -0.39 is 6.10 Å². The molecule has 5 heteroatoms. The summed E-state index contributed by atoms with van der Waals surface area (Å²) in [7, 11) is 0. The van der Waals surface area contributed by atoms with E-state index in [4.69, 9.17) is 0 Å². The molecule has 5 nitrogen and oxygen atoms in total. The smallest absolute Gasteiger partial charge is 0.137 e. The molecule has 0 amide bonds. The monoisotopic (exact) mass is 404 g/mol. The third kappa shape index (κ3) is 4.38. The van der Waals surface area contributed by atoms with Crippen molar-refractivity contribution in [3.63, 3.8) is 0 Å². The number of hydrogen-bond donors (Lipinski definition) is 3. The third-order valence-corrected chi connectivity index (χ3v) is 5.87. The summed E-state index contributed by atoms with van der Waals surface area (Å²) in [5.74, 6) is 1.03. The van der Waals surface area contributed by atoms with Gasteiger partial charge >= 0.3 is 0 Å². The Bertz CT molecular complexity index is 984. The lowest BCUT2D eigenvalue weighted by atomic mass is 9.77. The van der Waals surface area contributed by atoms with Gasteiger partial charge in [0.25, 0.3) is 0 Å². The van der Waals surface area contributed by atoms with Gasteiger partial charge in [-0.2, -0.15) is 0 Å². The van der Waals surface area contributed by atoms with E-state index in [0.29, 0.717) is 11.7 Å². The van der Waals surface area contributed by atoms with Crippen molar-refractivity contribution in [1.82, 2.24) is 9.55 Å². The molecular formula is C25H28N2O3. The lowest BCUT2D eigenvalue weighted by molar-refractivity contribution is 0.0746. The molecule has 1 aromatic heterocycles. The zero-order chi connectivity index (χ0) is 21.1. The highest BCUT2D eigenvalue weighted by molar-refractivity contribution is 5.66. The van der Waals surface area contributed by atoms with Crippen molar-refractivity contribution in [2.24, 2.45) is 0 Å². The largest absolute Gasteiger partial charge is 0.394 e. The molecule has 156 valence electrons. The molecule has 4 rings (SSSR count). The molecule has 0 aliphatic heterocycles. The van der Waals surface area contributed by atoms with Crippen LogP contribution in [0.2, 0.25) is 0 Å². The molecule has 0 spiro atoms. The van der Waals surface area contributed by atoms with Gasteiger partial charge < -0.3 is 19.9 Å². The SMILES string of the molecule is CC(O)c1nccn1C(/C=C/c1ccc(-c2ccc(C3CC(O)C3)cc2)cc1)CO. The van der Waals surface area contributed by atoms with Crippen LogP contribution in [0.3, 0.4) is 0 Å². The van der Waals surface area contributed by atoms with Gasteiger partial charge in [-0.3, -0.25) is 0 Å². The summed E-state index contributed by atoms with van der Waals surface area (Å²) >= 11 is 0. The summed E-state index contributed by atoms with van der Waals surface area (Å²) in [5, 5.41) is 29.1. The van der Waals surface area contributed by atoms with Crippen molar-refractivity contribution in [3.8, 4) is 11.1 Å². The highest BCUT2D eigenvalue weighted by Gasteiger charge is 2.28. The molecule has 1 fully saturated rings. The quantitative estimate of drug-likeness (QED) is 0.554. The first-order valence-corrected chi connectivity index (χ1v) is 10.4. The average Bonchev–Trinajstić information content (AvgIpc) is 3.23. The molecular weight excluding hydrogens is 376 g/mol. The van der Waals surface area contributed by atoms with Crippen LogP contribution in [-0.2, 0) is 0 Å². The summed E-state index contributed by atoms with van der Waals surface area (Å²) < 4.78 is 1.79. The molecule has 0 radical (unpaired) electrons. The first-order valence-electron chi connectivity index (χ1n) is 10.4. The summed E-state index contributed by atoms with van der Waals surface area (Å²) in [6.45, 7) is 1.59. The Balaban J connectivity index is 1.44. The van der Waals surface area contributed by atoms with Crippen LogP contribution in [0.25, 0.3) is 17.2 Å². The Labute approximate surface area is 177 Å². The second-order valence-corrected chi connectivity index (χ2v) is 8.04. The van der Waals surface area contributed by atoms with Crippen molar-refractivity contribution in [1.29, 1.82) is 0 Å². The molecule has 3 N–H and O–H groups in total. The Morgan fingerprint density at radius 1 is 1.07 bits per heavy atom. The minimum Gasteiger partial charge on any atom is -0.394 e. The molecule has 1 aliphatic rings. The van der Waals surface area contributed by atoms with Gasteiger partial charge in [-0.15, -0.1) is 0 Å². The van der Waals surface area contributed by atoms with Crippen LogP contribution >= 0.6 is 0 Å². The van der Waals surface area contributed by atoms with Gasteiger partial charge in [0.1, 0.15) is 11.9 Å². The third-order valence-electron chi connectivity index (χ3n) is 5.87. The van der Waals surface area contributed by atoms with Crippen LogP contribution < -0.4 is 0 Å². The van der Waals surface area contributed by atoms with Gasteiger partial charge in [-0.05, 0) is 47.9 Å². The van der Waals surface area contributed by atoms with Gasteiger partial charge in [0.15, 0.2) is 0 Å². The van der Waals surface area contributed by atoms with E-state index in [1.807, 2.05) is 12.2 Å². The Morgan fingerprint density at radius 3 is 2.27 bits per heavy atom. The first kappa shape index (κ1) is 20.5. The van der Waals surface area contributed by atoms with Gasteiger partial charge in [0, 0.05) is 12.4 Å². The van der Waals surface area contributed by atoms with Gasteiger partial charge in [-0.1, -0.05) is 60.7 Å². The molecule has 1 saturated carbocycles. The van der Waals surface area contributed by atoms with Crippen LogP contribution in [0.5, 0.6) is 0 Å². The van der Waals surface area contributed by atoms with E-state index in [0.717, 1.165) is 24.0 Å². The molecule has 2 unspecified atom stereocenters. The lowest BCUT2D eigenvalue weighted by Gasteiger charge is -2.31. The maximum Gasteiger partial charge on any atom is 0.137 e. The molecule has 0 bridgehead atoms. The summed E-state index contributed by atoms with van der Waals surface area (Å²) in [6, 6.07) is 16.6. The average molecular weight is 405 g/mol. The molecule has 1 heterocycles. The topological polar surface area (TPSA) is 78.5 Å². The van der Waals surface area contributed by atoms with Crippen LogP contribution in [0.1, 0.15) is 54.8 Å². The second-order valence-electron chi connectivity index (χ2n) is 8.04. The molecule has 0 saturated heterocycles. The fourth-order valence-electron chi connectivity index (χ4n) is 3.99. The summed E-state index contributed by atoms with van der Waals surface area (Å²) in [5.41, 5.74) is 4.66. The molecule has 3 aromatic rings. The van der Waals surface area contributed by atoms with Crippen molar-refractivity contribution >= 4 is 6.08 Å². The van der Waals surface area contributed by atoms with E-state index in [9.17, 15) is 15.3 Å². The number of benzene rings is 2. The number of rotatable bonds is 7. The number of aliphatic hydroxyl groups is 3. The van der Waals surface area contributed by atoms with Gasteiger partial charge in [-0.25, -0.2) is 4.98 Å². The summed E-state index contributed by atoms with van der Waals surface area (Å²) in [6.07, 6.45) is 8.21.